The number of unbranched alkanes of at least 4 members (excludes halogenated alkanes) is 1. The minimum absolute atomic E-state index is 0.0882. The average molecular weight is 1100 g/mol. The minimum Gasteiger partial charge on any atom is -0.487 e. The number of hydrogen-bond acceptors (Lipinski definition) is 11. The first kappa shape index (κ1) is 62.2. The second-order valence-corrected chi connectivity index (χ2v) is 18.2. The number of carboxylic acids is 3. The average Bonchev–Trinajstić information content (AvgIpc) is 3.74. The number of sulfonamides is 1. The topological polar surface area (TPSA) is 309 Å². The van der Waals surface area contributed by atoms with Crippen molar-refractivity contribution in [1.82, 2.24) is 24.8 Å². The van der Waals surface area contributed by atoms with Crippen molar-refractivity contribution in [2.24, 2.45) is 11.5 Å². The van der Waals surface area contributed by atoms with Crippen LogP contribution in [-0.4, -0.2) is 137 Å². The number of carboxylic acid groups (broad SMARTS) is 3. The Morgan fingerprint density at radius 2 is 1.35 bits per heavy atom. The van der Waals surface area contributed by atoms with Gasteiger partial charge in [-0.15, -0.1) is 0 Å². The highest BCUT2D eigenvalue weighted by atomic mass is 35.5. The van der Waals surface area contributed by atoms with E-state index in [1.807, 2.05) is 32.0 Å². The predicted molar refractivity (Wildman–Crippen MR) is 240 cm³/mol. The minimum atomic E-state index is -5.08. The summed E-state index contributed by atoms with van der Waals surface area (Å²) in [6.07, 6.45) is -11.3. The zero-order chi connectivity index (χ0) is 55.2. The summed E-state index contributed by atoms with van der Waals surface area (Å²) in [5.41, 5.74) is 13.0. The van der Waals surface area contributed by atoms with Gasteiger partial charge < -0.3 is 46.6 Å². The third-order valence-electron chi connectivity index (χ3n) is 10.3. The summed E-state index contributed by atoms with van der Waals surface area (Å²) >= 11 is 13.3. The number of aryl methyl sites for hydroxylation is 2. The smallest absolute Gasteiger partial charge is 0.487 e. The molecule has 0 radical (unpaired) electrons. The van der Waals surface area contributed by atoms with Gasteiger partial charge in [-0.25, -0.2) is 27.8 Å². The Bertz CT molecular complexity index is 2490. The molecule has 19 nitrogen and oxygen atoms in total. The third kappa shape index (κ3) is 18.6. The van der Waals surface area contributed by atoms with Gasteiger partial charge in [-0.1, -0.05) is 48.2 Å². The van der Waals surface area contributed by atoms with Crippen molar-refractivity contribution >= 4 is 79.8 Å². The molecule has 2 aliphatic rings. The zero-order valence-corrected chi connectivity index (χ0v) is 40.2. The molecule has 1 aromatic heterocycles. The van der Waals surface area contributed by atoms with E-state index < -0.39 is 58.0 Å². The van der Waals surface area contributed by atoms with Crippen molar-refractivity contribution < 1.29 is 92.0 Å². The van der Waals surface area contributed by atoms with E-state index in [0.29, 0.717) is 75.0 Å². The number of nitrogens with two attached hydrogens (primary N) is 2. The number of guanidine groups is 1. The summed E-state index contributed by atoms with van der Waals surface area (Å²) in [6, 6.07) is 9.72. The Labute approximate surface area is 414 Å². The molecular formula is C41H49Cl2F9N8O11S. The molecule has 2 heterocycles. The maximum absolute atomic E-state index is 14.1. The summed E-state index contributed by atoms with van der Waals surface area (Å²) in [5, 5.41) is 32.4. The number of rotatable bonds is 13. The number of aromatic nitrogens is 1. The molecule has 1 atom stereocenters. The van der Waals surface area contributed by atoms with Crippen molar-refractivity contribution in [2.75, 3.05) is 32.7 Å². The number of pyridine rings is 1. The molecule has 3 aromatic rings. The van der Waals surface area contributed by atoms with Gasteiger partial charge in [0.25, 0.3) is 0 Å². The van der Waals surface area contributed by atoms with Crippen LogP contribution in [0.15, 0.2) is 41.3 Å². The summed E-state index contributed by atoms with van der Waals surface area (Å²) in [7, 11) is -4.30. The SMILES string of the molecule is Cc1cc(C)c2cccc(OCc3c(Cl)ccc(S(=O)(=O)NC4(C(=O)N5CCN(C(=O)[C@@H](N)CCCCNC(=N)N)CC5)CCCC4)c3Cl)c2n1.O=C(O)C(F)(F)F.O=C(O)C(F)(F)F.O=C(O)C(F)(F)F. The normalized spacial score (nSPS) is 15.1. The Morgan fingerprint density at radius 1 is 0.847 bits per heavy atom. The lowest BCUT2D eigenvalue weighted by Crippen LogP contribution is -2.62. The van der Waals surface area contributed by atoms with Crippen LogP contribution in [0.2, 0.25) is 10.0 Å². The summed E-state index contributed by atoms with van der Waals surface area (Å²) in [5.74, 6) is -8.36. The number of halogens is 11. The molecule has 1 aliphatic heterocycles. The predicted octanol–water partition coefficient (Wildman–Crippen LogP) is 5.88. The van der Waals surface area contributed by atoms with Crippen LogP contribution in [0.1, 0.15) is 61.8 Å². The van der Waals surface area contributed by atoms with E-state index in [-0.39, 0.29) is 52.4 Å². The molecule has 5 rings (SSSR count). The van der Waals surface area contributed by atoms with Crippen molar-refractivity contribution in [3.8, 4) is 5.75 Å². The Balaban J connectivity index is 0.000000705. The van der Waals surface area contributed by atoms with E-state index >= 15 is 0 Å². The van der Waals surface area contributed by atoms with Crippen LogP contribution in [0, 0.1) is 19.3 Å². The van der Waals surface area contributed by atoms with E-state index in [1.54, 1.807) is 15.9 Å². The molecule has 0 unspecified atom stereocenters. The number of carbonyl (C=O) groups excluding carboxylic acids is 2. The molecule has 1 saturated heterocycles. The molecule has 2 aromatic carbocycles. The first-order valence-corrected chi connectivity index (χ1v) is 23.1. The molecule has 402 valence electrons. The van der Waals surface area contributed by atoms with E-state index in [4.69, 9.17) is 74.5 Å². The number of hydrogen-bond donors (Lipinski definition) is 8. The van der Waals surface area contributed by atoms with E-state index in [1.165, 1.54) is 12.1 Å². The van der Waals surface area contributed by atoms with Crippen LogP contribution in [0.5, 0.6) is 5.75 Å². The van der Waals surface area contributed by atoms with Gasteiger partial charge in [-0.3, -0.25) is 15.0 Å². The molecule has 0 bridgehead atoms. The fourth-order valence-corrected chi connectivity index (χ4v) is 9.20. The van der Waals surface area contributed by atoms with Gasteiger partial charge in [0.2, 0.25) is 21.8 Å². The van der Waals surface area contributed by atoms with Crippen molar-refractivity contribution in [3.05, 3.63) is 63.3 Å². The number of piperazine rings is 1. The Kier molecular flexibility index (Phi) is 22.6. The Hall–Kier alpha value is -5.91. The summed E-state index contributed by atoms with van der Waals surface area (Å²) < 4.78 is 132. The maximum Gasteiger partial charge on any atom is 0.490 e. The van der Waals surface area contributed by atoms with Gasteiger partial charge in [-0.2, -0.15) is 44.2 Å². The van der Waals surface area contributed by atoms with Crippen LogP contribution < -0.4 is 26.2 Å². The zero-order valence-electron chi connectivity index (χ0n) is 37.9. The number of para-hydroxylation sites is 1. The van der Waals surface area contributed by atoms with Crippen molar-refractivity contribution in [3.63, 3.8) is 0 Å². The van der Waals surface area contributed by atoms with Gasteiger partial charge >= 0.3 is 36.4 Å². The molecule has 2 fully saturated rings. The number of fused-ring (bicyclic) bond motifs is 1. The lowest BCUT2D eigenvalue weighted by atomic mass is 9.96. The van der Waals surface area contributed by atoms with Gasteiger partial charge in [0.1, 0.15) is 28.3 Å². The van der Waals surface area contributed by atoms with Gasteiger partial charge in [0.05, 0.1) is 11.1 Å². The van der Waals surface area contributed by atoms with Crippen molar-refractivity contribution in [2.45, 2.75) is 100 Å². The largest absolute Gasteiger partial charge is 0.490 e. The fraction of sp³-hybridized carbons (Fsp3) is 0.488. The molecule has 1 aliphatic carbocycles. The molecule has 31 heteroatoms. The van der Waals surface area contributed by atoms with Crippen LogP contribution in [-0.2, 0) is 40.6 Å². The highest BCUT2D eigenvalue weighted by Gasteiger charge is 2.48. The lowest BCUT2D eigenvalue weighted by molar-refractivity contribution is -0.193. The highest BCUT2D eigenvalue weighted by Crippen LogP contribution is 2.37. The number of alkyl halides is 9. The molecule has 2 amide bonds. The maximum atomic E-state index is 14.1. The fourth-order valence-electron chi connectivity index (χ4n) is 6.89. The monoisotopic (exact) mass is 1100 g/mol. The van der Waals surface area contributed by atoms with E-state index in [2.05, 4.69) is 15.0 Å². The molecule has 10 N–H and O–H groups in total. The van der Waals surface area contributed by atoms with Gasteiger partial charge in [-0.05, 0) is 75.8 Å². The first-order chi connectivity index (χ1) is 33.0. The summed E-state index contributed by atoms with van der Waals surface area (Å²) in [4.78, 5) is 61.5. The molecular weight excluding hydrogens is 1050 g/mol. The number of benzene rings is 2. The van der Waals surface area contributed by atoms with Crippen LogP contribution >= 0.6 is 23.2 Å². The van der Waals surface area contributed by atoms with E-state index in [0.717, 1.165) is 23.1 Å². The number of aliphatic carboxylic acids is 3. The quantitative estimate of drug-likeness (QED) is 0.0429. The van der Waals surface area contributed by atoms with E-state index in [9.17, 15) is 57.5 Å². The Morgan fingerprint density at radius 3 is 1.83 bits per heavy atom. The second kappa shape index (κ2) is 26.2. The second-order valence-electron chi connectivity index (χ2n) is 15.7. The first-order valence-electron chi connectivity index (χ1n) is 20.9. The number of carbonyl (C=O) groups is 5. The number of amides is 2. The lowest BCUT2D eigenvalue weighted by Gasteiger charge is -2.40. The molecule has 0 spiro atoms. The molecule has 1 saturated carbocycles. The third-order valence-corrected chi connectivity index (χ3v) is 12.8. The highest BCUT2D eigenvalue weighted by molar-refractivity contribution is 7.89. The van der Waals surface area contributed by atoms with Crippen LogP contribution in [0.3, 0.4) is 0 Å². The number of ether oxygens (including phenoxy) is 1. The van der Waals surface area contributed by atoms with Gasteiger partial charge in [0, 0.05) is 54.4 Å². The van der Waals surface area contributed by atoms with Crippen LogP contribution in [0.4, 0.5) is 39.5 Å². The van der Waals surface area contributed by atoms with Crippen LogP contribution in [0.25, 0.3) is 10.9 Å². The number of nitrogens with one attached hydrogen (secondary N) is 3. The summed E-state index contributed by atoms with van der Waals surface area (Å²) in [6.45, 7) is 5.44. The van der Waals surface area contributed by atoms with Crippen molar-refractivity contribution in [1.29, 1.82) is 5.41 Å². The van der Waals surface area contributed by atoms with Gasteiger partial charge in [0.15, 0.2) is 5.96 Å². The number of nitrogens with zero attached hydrogens (tertiary/aromatic N) is 3. The molecule has 72 heavy (non-hydrogen) atoms. The standard InChI is InChI=1S/C35H46Cl2N8O5S.3C2HF3O2/c1-22-20-23(2)42-31-24(22)8-7-10-28(31)50-21-25-26(36)11-12-29(30(25)37)51(48,49)43-35(13-4-5-14-35)33(47)45-18-16-44(17-19-45)32(46)27(38)9-3-6-15-41-34(39)40;3*3-2(4,5)1(6)7/h7-8,10-12,20,27,43H,3-6,9,13-19,21,38H2,1-2H3,(H4,39,40,41);3*(H,6,7)/t27-;;;/m0.../s1.